The zero-order valence-corrected chi connectivity index (χ0v) is 8.19. The number of rotatable bonds is 2. The van der Waals surface area contributed by atoms with E-state index in [0.717, 1.165) is 19.3 Å². The van der Waals surface area contributed by atoms with Crippen LogP contribution in [0, 0.1) is 0 Å². The van der Waals surface area contributed by atoms with Crippen LogP contribution in [-0.4, -0.2) is 22.2 Å². The smallest absolute Gasteiger partial charge is 0.0775 e. The van der Waals surface area contributed by atoms with Crippen LogP contribution < -0.4 is 5.73 Å². The first kappa shape index (κ1) is 9.62. The van der Waals surface area contributed by atoms with Gasteiger partial charge < -0.3 is 10.8 Å². The average Bonchev–Trinajstić information content (AvgIpc) is 2.63. The van der Waals surface area contributed by atoms with Crippen LogP contribution in [0.1, 0.15) is 30.7 Å². The van der Waals surface area contributed by atoms with Crippen molar-refractivity contribution in [2.24, 2.45) is 5.73 Å². The topological polar surface area (TPSA) is 59.1 Å². The Kier molecular flexibility index (Phi) is 2.52. The summed E-state index contributed by atoms with van der Waals surface area (Å²) in [6.45, 7) is 0.370. The van der Waals surface area contributed by atoms with Crippen molar-refractivity contribution >= 4 is 0 Å². The van der Waals surface area contributed by atoms with Gasteiger partial charge in [-0.25, -0.2) is 0 Å². The molecule has 0 spiro atoms. The van der Waals surface area contributed by atoms with E-state index in [1.54, 1.807) is 12.4 Å². The Labute approximate surface area is 84.0 Å². The number of pyridine rings is 1. The SMILES string of the molecule is NCC1(O)CCC(c2ccncc2)C1. The third-order valence-corrected chi connectivity index (χ3v) is 3.14. The molecule has 2 unspecified atom stereocenters. The Morgan fingerprint density at radius 2 is 2.21 bits per heavy atom. The van der Waals surface area contributed by atoms with Crippen LogP contribution in [0.3, 0.4) is 0 Å². The molecule has 1 heterocycles. The molecule has 0 radical (unpaired) electrons. The molecule has 3 nitrogen and oxygen atoms in total. The second-order valence-corrected chi connectivity index (χ2v) is 4.15. The molecule has 3 heteroatoms. The summed E-state index contributed by atoms with van der Waals surface area (Å²) in [6, 6.07) is 4.04. The maximum Gasteiger partial charge on any atom is 0.0775 e. The molecule has 0 aromatic carbocycles. The molecule has 0 saturated heterocycles. The Morgan fingerprint density at radius 3 is 2.79 bits per heavy atom. The fourth-order valence-corrected chi connectivity index (χ4v) is 2.21. The molecule has 0 aliphatic heterocycles. The van der Waals surface area contributed by atoms with E-state index in [2.05, 4.69) is 4.98 Å². The van der Waals surface area contributed by atoms with Gasteiger partial charge in [0.15, 0.2) is 0 Å². The highest BCUT2D eigenvalue weighted by Crippen LogP contribution is 2.39. The van der Waals surface area contributed by atoms with Crippen LogP contribution >= 0.6 is 0 Å². The van der Waals surface area contributed by atoms with Crippen LogP contribution in [0.15, 0.2) is 24.5 Å². The second kappa shape index (κ2) is 3.67. The van der Waals surface area contributed by atoms with Gasteiger partial charge in [0, 0.05) is 18.9 Å². The van der Waals surface area contributed by atoms with E-state index in [4.69, 9.17) is 5.73 Å². The number of hydrogen-bond acceptors (Lipinski definition) is 3. The van der Waals surface area contributed by atoms with E-state index < -0.39 is 5.60 Å². The largest absolute Gasteiger partial charge is 0.389 e. The number of aromatic nitrogens is 1. The van der Waals surface area contributed by atoms with E-state index in [9.17, 15) is 5.11 Å². The Morgan fingerprint density at radius 1 is 1.50 bits per heavy atom. The first-order valence-corrected chi connectivity index (χ1v) is 5.06. The van der Waals surface area contributed by atoms with E-state index in [0.29, 0.717) is 12.5 Å². The third kappa shape index (κ3) is 1.79. The summed E-state index contributed by atoms with van der Waals surface area (Å²) >= 11 is 0. The Balaban J connectivity index is 2.10. The van der Waals surface area contributed by atoms with E-state index >= 15 is 0 Å². The highest BCUT2D eigenvalue weighted by molar-refractivity contribution is 5.18. The maximum atomic E-state index is 9.99. The first-order valence-electron chi connectivity index (χ1n) is 5.06. The molecule has 0 bridgehead atoms. The van der Waals surface area contributed by atoms with Crippen molar-refractivity contribution in [2.75, 3.05) is 6.54 Å². The van der Waals surface area contributed by atoms with Gasteiger partial charge in [-0.1, -0.05) is 0 Å². The average molecular weight is 192 g/mol. The number of nitrogens with two attached hydrogens (primary N) is 1. The summed E-state index contributed by atoms with van der Waals surface area (Å²) in [6.07, 6.45) is 6.23. The van der Waals surface area contributed by atoms with Gasteiger partial charge in [-0.15, -0.1) is 0 Å². The van der Waals surface area contributed by atoms with Crippen molar-refractivity contribution in [3.8, 4) is 0 Å². The summed E-state index contributed by atoms with van der Waals surface area (Å²) in [5.74, 6) is 0.451. The fourth-order valence-electron chi connectivity index (χ4n) is 2.21. The molecule has 1 aromatic heterocycles. The minimum Gasteiger partial charge on any atom is -0.389 e. The third-order valence-electron chi connectivity index (χ3n) is 3.14. The molecule has 3 N–H and O–H groups in total. The molecular formula is C11H16N2O. The molecule has 2 atom stereocenters. The Bertz CT molecular complexity index is 301. The summed E-state index contributed by atoms with van der Waals surface area (Å²) in [5.41, 5.74) is 6.18. The van der Waals surface area contributed by atoms with Gasteiger partial charge in [0.2, 0.25) is 0 Å². The van der Waals surface area contributed by atoms with Crippen LogP contribution in [0.4, 0.5) is 0 Å². The molecule has 1 fully saturated rings. The molecule has 0 amide bonds. The minimum atomic E-state index is -0.631. The van der Waals surface area contributed by atoms with Crippen LogP contribution in [-0.2, 0) is 0 Å². The van der Waals surface area contributed by atoms with Crippen LogP contribution in [0.2, 0.25) is 0 Å². The summed E-state index contributed by atoms with van der Waals surface area (Å²) in [5, 5.41) is 9.99. The fraction of sp³-hybridized carbons (Fsp3) is 0.545. The van der Waals surface area contributed by atoms with Crippen molar-refractivity contribution in [1.82, 2.24) is 4.98 Å². The predicted octanol–water partition coefficient (Wildman–Crippen LogP) is 1.04. The van der Waals surface area contributed by atoms with Crippen molar-refractivity contribution in [2.45, 2.75) is 30.8 Å². The molecule has 1 saturated carbocycles. The molecule has 14 heavy (non-hydrogen) atoms. The lowest BCUT2D eigenvalue weighted by molar-refractivity contribution is 0.0554. The first-order chi connectivity index (χ1) is 6.73. The lowest BCUT2D eigenvalue weighted by atomic mass is 9.95. The summed E-state index contributed by atoms with van der Waals surface area (Å²) in [4.78, 5) is 3.99. The molecular weight excluding hydrogens is 176 g/mol. The molecule has 2 rings (SSSR count). The van der Waals surface area contributed by atoms with Crippen molar-refractivity contribution in [1.29, 1.82) is 0 Å². The second-order valence-electron chi connectivity index (χ2n) is 4.15. The van der Waals surface area contributed by atoms with E-state index in [-0.39, 0.29) is 0 Å². The predicted molar refractivity (Wildman–Crippen MR) is 54.8 cm³/mol. The van der Waals surface area contributed by atoms with Crippen molar-refractivity contribution < 1.29 is 5.11 Å². The van der Waals surface area contributed by atoms with Gasteiger partial charge in [0.05, 0.1) is 5.60 Å². The summed E-state index contributed by atoms with van der Waals surface area (Å²) in [7, 11) is 0. The number of hydrogen-bond donors (Lipinski definition) is 2. The highest BCUT2D eigenvalue weighted by Gasteiger charge is 2.36. The zero-order valence-electron chi connectivity index (χ0n) is 8.19. The standard InChI is InChI=1S/C11H16N2O/c12-8-11(14)4-1-10(7-11)9-2-5-13-6-3-9/h2-3,5-6,10,14H,1,4,7-8,12H2. The number of nitrogens with zero attached hydrogens (tertiary/aromatic N) is 1. The Hall–Kier alpha value is -0.930. The van der Waals surface area contributed by atoms with Gasteiger partial charge in [0.25, 0.3) is 0 Å². The molecule has 76 valence electrons. The van der Waals surface area contributed by atoms with Crippen molar-refractivity contribution in [3.63, 3.8) is 0 Å². The molecule has 1 aromatic rings. The molecule has 1 aliphatic rings. The van der Waals surface area contributed by atoms with Gasteiger partial charge in [-0.2, -0.15) is 0 Å². The zero-order chi connectivity index (χ0) is 10.0. The van der Waals surface area contributed by atoms with Gasteiger partial charge in [0.1, 0.15) is 0 Å². The molecule has 1 aliphatic carbocycles. The minimum absolute atomic E-state index is 0.370. The van der Waals surface area contributed by atoms with Crippen LogP contribution in [0.25, 0.3) is 0 Å². The summed E-state index contributed by atoms with van der Waals surface area (Å²) < 4.78 is 0. The van der Waals surface area contributed by atoms with Gasteiger partial charge >= 0.3 is 0 Å². The van der Waals surface area contributed by atoms with Crippen molar-refractivity contribution in [3.05, 3.63) is 30.1 Å². The quantitative estimate of drug-likeness (QED) is 0.736. The highest BCUT2D eigenvalue weighted by atomic mass is 16.3. The van der Waals surface area contributed by atoms with Crippen LogP contribution in [0.5, 0.6) is 0 Å². The maximum absolute atomic E-state index is 9.99. The van der Waals surface area contributed by atoms with E-state index in [1.807, 2.05) is 12.1 Å². The van der Waals surface area contributed by atoms with E-state index in [1.165, 1.54) is 5.56 Å². The van der Waals surface area contributed by atoms with Gasteiger partial charge in [-0.3, -0.25) is 4.98 Å². The van der Waals surface area contributed by atoms with Gasteiger partial charge in [-0.05, 0) is 42.9 Å². The monoisotopic (exact) mass is 192 g/mol. The number of aliphatic hydroxyl groups is 1. The lowest BCUT2D eigenvalue weighted by Crippen LogP contribution is -2.34. The lowest BCUT2D eigenvalue weighted by Gasteiger charge is -2.20. The normalized spacial score (nSPS) is 32.0.